The van der Waals surface area contributed by atoms with E-state index in [0.717, 1.165) is 24.0 Å². The van der Waals surface area contributed by atoms with Gasteiger partial charge in [0.1, 0.15) is 11.6 Å². The summed E-state index contributed by atoms with van der Waals surface area (Å²) in [6.07, 6.45) is 3.39. The molecule has 0 amide bonds. The fraction of sp³-hybridized carbons (Fsp3) is 0.231. The Labute approximate surface area is 104 Å². The number of rotatable bonds is 0. The summed E-state index contributed by atoms with van der Waals surface area (Å²) in [5, 5.41) is 12.9. The number of aryl methyl sites for hydroxylation is 3. The minimum atomic E-state index is -0.305. The van der Waals surface area contributed by atoms with E-state index in [4.69, 9.17) is 0 Å². The van der Waals surface area contributed by atoms with Crippen LogP contribution < -0.4 is 11.0 Å². The summed E-state index contributed by atoms with van der Waals surface area (Å²) in [5.74, 6) is 0.723. The van der Waals surface area contributed by atoms with E-state index in [0.29, 0.717) is 11.5 Å². The first-order valence-corrected chi connectivity index (χ1v) is 5.79. The third-order valence-electron chi connectivity index (χ3n) is 3.20. The minimum Gasteiger partial charge on any atom is -0.506 e. The highest BCUT2D eigenvalue weighted by molar-refractivity contribution is 5.70. The summed E-state index contributed by atoms with van der Waals surface area (Å²) in [5.41, 5.74) is 2.35. The number of hydrogen-bond acceptors (Lipinski definition) is 4. The van der Waals surface area contributed by atoms with Crippen LogP contribution in [0, 0.1) is 0 Å². The molecule has 1 aromatic carbocycles. The number of nitrogens with one attached hydrogen (secondary N) is 1. The van der Waals surface area contributed by atoms with Gasteiger partial charge in [0.15, 0.2) is 0 Å². The molecule has 0 fully saturated rings. The predicted molar refractivity (Wildman–Crippen MR) is 68.3 cm³/mol. The van der Waals surface area contributed by atoms with Crippen LogP contribution in [0.4, 0.5) is 11.5 Å². The summed E-state index contributed by atoms with van der Waals surface area (Å²) in [7, 11) is 1.69. The van der Waals surface area contributed by atoms with Crippen LogP contribution in [0.3, 0.4) is 0 Å². The first kappa shape index (κ1) is 10.8. The number of para-hydroxylation sites is 1. The summed E-state index contributed by atoms with van der Waals surface area (Å²) in [6, 6.07) is 5.40. The Balaban J connectivity index is 2.17. The number of aromatic hydroxyl groups is 1. The molecule has 5 heteroatoms. The standard InChI is InChI=1S/C13H13N3O2/c1-16-7-9-6-5-8-3-2-4-10(17)11(8)14-12(9)15-13(16)18/h2-4,7,17H,5-6H2,1H3,(H,14,15,18). The Hall–Kier alpha value is -2.30. The molecule has 0 spiro atoms. The Morgan fingerprint density at radius 2 is 2.11 bits per heavy atom. The van der Waals surface area contributed by atoms with Crippen molar-refractivity contribution in [1.29, 1.82) is 0 Å². The Kier molecular flexibility index (Phi) is 2.33. The van der Waals surface area contributed by atoms with Gasteiger partial charge in [0, 0.05) is 18.8 Å². The highest BCUT2D eigenvalue weighted by Crippen LogP contribution is 2.34. The smallest absolute Gasteiger partial charge is 0.349 e. The fourth-order valence-electron chi connectivity index (χ4n) is 2.21. The first-order valence-electron chi connectivity index (χ1n) is 5.79. The van der Waals surface area contributed by atoms with Gasteiger partial charge in [-0.05, 0) is 24.5 Å². The molecule has 1 aliphatic heterocycles. The van der Waals surface area contributed by atoms with Crippen LogP contribution in [-0.2, 0) is 19.9 Å². The number of fused-ring (bicyclic) bond motifs is 2. The van der Waals surface area contributed by atoms with Gasteiger partial charge in [-0.1, -0.05) is 12.1 Å². The van der Waals surface area contributed by atoms with Crippen molar-refractivity contribution in [2.24, 2.45) is 7.05 Å². The maximum absolute atomic E-state index is 11.5. The summed E-state index contributed by atoms with van der Waals surface area (Å²) >= 11 is 0. The largest absolute Gasteiger partial charge is 0.506 e. The van der Waals surface area contributed by atoms with Gasteiger partial charge < -0.3 is 15.0 Å². The molecule has 0 radical (unpaired) electrons. The minimum absolute atomic E-state index is 0.183. The van der Waals surface area contributed by atoms with Gasteiger partial charge in [-0.15, -0.1) is 0 Å². The lowest BCUT2D eigenvalue weighted by Gasteiger charge is -2.10. The highest BCUT2D eigenvalue weighted by Gasteiger charge is 2.17. The zero-order chi connectivity index (χ0) is 12.7. The number of phenols is 1. The molecule has 0 unspecified atom stereocenters. The van der Waals surface area contributed by atoms with Crippen molar-refractivity contribution in [3.63, 3.8) is 0 Å². The third kappa shape index (κ3) is 1.64. The molecule has 18 heavy (non-hydrogen) atoms. The van der Waals surface area contributed by atoms with Crippen LogP contribution in [0.5, 0.6) is 5.75 Å². The Morgan fingerprint density at radius 3 is 2.94 bits per heavy atom. The van der Waals surface area contributed by atoms with Crippen LogP contribution >= 0.6 is 0 Å². The number of aromatic nitrogens is 2. The predicted octanol–water partition coefficient (Wildman–Crippen LogP) is 1.33. The van der Waals surface area contributed by atoms with E-state index >= 15 is 0 Å². The molecule has 2 aromatic rings. The molecule has 2 heterocycles. The molecule has 0 saturated heterocycles. The molecular formula is C13H13N3O2. The molecule has 1 aliphatic rings. The number of anilines is 2. The lowest BCUT2D eigenvalue weighted by molar-refractivity contribution is 0.477. The van der Waals surface area contributed by atoms with Crippen molar-refractivity contribution in [1.82, 2.24) is 9.55 Å². The van der Waals surface area contributed by atoms with Crippen LogP contribution in [0.1, 0.15) is 11.1 Å². The van der Waals surface area contributed by atoms with Crippen LogP contribution in [0.15, 0.2) is 29.2 Å². The molecule has 2 N–H and O–H groups in total. The van der Waals surface area contributed by atoms with Gasteiger partial charge in [-0.3, -0.25) is 0 Å². The normalized spacial score (nSPS) is 13.2. The van der Waals surface area contributed by atoms with Crippen molar-refractivity contribution < 1.29 is 5.11 Å². The van der Waals surface area contributed by atoms with E-state index in [-0.39, 0.29) is 11.4 Å². The van der Waals surface area contributed by atoms with Crippen molar-refractivity contribution >= 4 is 11.5 Å². The molecule has 5 nitrogen and oxygen atoms in total. The maximum atomic E-state index is 11.5. The van der Waals surface area contributed by atoms with Crippen molar-refractivity contribution in [3.05, 3.63) is 46.0 Å². The Bertz CT molecular complexity index is 676. The highest BCUT2D eigenvalue weighted by atomic mass is 16.3. The van der Waals surface area contributed by atoms with Crippen molar-refractivity contribution in [2.75, 3.05) is 5.32 Å². The molecular weight excluding hydrogens is 230 g/mol. The van der Waals surface area contributed by atoms with Crippen LogP contribution in [-0.4, -0.2) is 14.7 Å². The van der Waals surface area contributed by atoms with Gasteiger partial charge in [-0.25, -0.2) is 4.79 Å². The number of nitrogens with zero attached hydrogens (tertiary/aromatic N) is 2. The summed E-state index contributed by atoms with van der Waals surface area (Å²) < 4.78 is 1.47. The topological polar surface area (TPSA) is 67.2 Å². The monoisotopic (exact) mass is 243 g/mol. The second-order valence-electron chi connectivity index (χ2n) is 4.44. The lowest BCUT2D eigenvalue weighted by atomic mass is 10.1. The van der Waals surface area contributed by atoms with Gasteiger partial charge in [0.25, 0.3) is 0 Å². The van der Waals surface area contributed by atoms with E-state index in [1.54, 1.807) is 19.3 Å². The zero-order valence-electron chi connectivity index (χ0n) is 9.97. The van der Waals surface area contributed by atoms with Gasteiger partial charge in [-0.2, -0.15) is 4.98 Å². The van der Waals surface area contributed by atoms with E-state index in [1.165, 1.54) is 4.57 Å². The average molecular weight is 243 g/mol. The molecule has 92 valence electrons. The second kappa shape index (κ2) is 3.87. The quantitative estimate of drug-likeness (QED) is 0.685. The van der Waals surface area contributed by atoms with Gasteiger partial charge >= 0.3 is 5.69 Å². The van der Waals surface area contributed by atoms with Crippen molar-refractivity contribution in [2.45, 2.75) is 12.8 Å². The van der Waals surface area contributed by atoms with Crippen LogP contribution in [0.2, 0.25) is 0 Å². The summed E-state index contributed by atoms with van der Waals surface area (Å²) in [6.45, 7) is 0. The average Bonchev–Trinajstić information content (AvgIpc) is 2.51. The van der Waals surface area contributed by atoms with Crippen molar-refractivity contribution in [3.8, 4) is 5.75 Å². The van der Waals surface area contributed by atoms with E-state index < -0.39 is 0 Å². The van der Waals surface area contributed by atoms with Gasteiger partial charge in [0.2, 0.25) is 0 Å². The summed E-state index contributed by atoms with van der Waals surface area (Å²) in [4.78, 5) is 15.5. The van der Waals surface area contributed by atoms with E-state index in [2.05, 4.69) is 10.3 Å². The molecule has 0 saturated carbocycles. The molecule has 0 aliphatic carbocycles. The second-order valence-corrected chi connectivity index (χ2v) is 4.44. The number of hydrogen-bond donors (Lipinski definition) is 2. The van der Waals surface area contributed by atoms with Crippen LogP contribution in [0.25, 0.3) is 0 Å². The maximum Gasteiger partial charge on any atom is 0.349 e. The van der Waals surface area contributed by atoms with Gasteiger partial charge in [0.05, 0.1) is 5.69 Å². The fourth-order valence-corrected chi connectivity index (χ4v) is 2.21. The lowest BCUT2D eigenvalue weighted by Crippen LogP contribution is -2.21. The number of phenolic OH excluding ortho intramolecular Hbond substituents is 1. The van der Waals surface area contributed by atoms with E-state index in [9.17, 15) is 9.90 Å². The van der Waals surface area contributed by atoms with E-state index in [1.807, 2.05) is 12.1 Å². The first-order chi connectivity index (χ1) is 8.65. The molecule has 1 aromatic heterocycles. The SMILES string of the molecule is Cn1cc2c(nc1=O)Nc1c(O)cccc1CC2. The Morgan fingerprint density at radius 1 is 1.33 bits per heavy atom. The zero-order valence-corrected chi connectivity index (χ0v) is 9.97. The third-order valence-corrected chi connectivity index (χ3v) is 3.20. The molecule has 0 bridgehead atoms. The molecule has 3 rings (SSSR count). The molecule has 0 atom stereocenters. The number of benzene rings is 1.